The Morgan fingerprint density at radius 1 is 1.32 bits per heavy atom. The minimum absolute atomic E-state index is 0.0911. The summed E-state index contributed by atoms with van der Waals surface area (Å²) in [4.78, 5) is 13.6. The molecule has 3 atom stereocenters. The van der Waals surface area contributed by atoms with Crippen LogP contribution in [0.1, 0.15) is 43.4 Å². The van der Waals surface area contributed by atoms with Gasteiger partial charge in [0, 0.05) is 21.8 Å². The number of ketones is 1. The van der Waals surface area contributed by atoms with Crippen molar-refractivity contribution in [2.24, 2.45) is 5.92 Å². The van der Waals surface area contributed by atoms with E-state index in [0.29, 0.717) is 18.2 Å². The minimum Gasteiger partial charge on any atom is -0.304 e. The number of thiophene rings is 1. The van der Waals surface area contributed by atoms with Gasteiger partial charge in [-0.1, -0.05) is 12.8 Å². The molecule has 3 unspecified atom stereocenters. The number of nitrogens with one attached hydrogen (secondary N) is 1. The van der Waals surface area contributed by atoms with Gasteiger partial charge in [-0.3, -0.25) is 4.79 Å². The molecule has 0 bridgehead atoms. The van der Waals surface area contributed by atoms with E-state index < -0.39 is 0 Å². The molecular weight excluding hydrogens is 322 g/mol. The number of hydrogen-bond donors (Lipinski definition) is 1. The molecule has 1 aromatic rings. The van der Waals surface area contributed by atoms with E-state index in [2.05, 4.69) is 21.2 Å². The van der Waals surface area contributed by atoms with Gasteiger partial charge in [-0.25, -0.2) is 0 Å². The maximum atomic E-state index is 12.4. The normalized spacial score (nSPS) is 30.9. The van der Waals surface area contributed by atoms with Crippen LogP contribution < -0.4 is 5.32 Å². The topological polar surface area (TPSA) is 29.1 Å². The fourth-order valence-electron chi connectivity index (χ4n) is 3.48. The van der Waals surface area contributed by atoms with Gasteiger partial charge in [0.05, 0.1) is 6.04 Å². The second-order valence-electron chi connectivity index (χ2n) is 5.78. The van der Waals surface area contributed by atoms with Gasteiger partial charge >= 0.3 is 0 Å². The average Bonchev–Trinajstić information content (AvgIpc) is 2.84. The van der Waals surface area contributed by atoms with Gasteiger partial charge in [0.25, 0.3) is 0 Å². The molecule has 2 aliphatic rings. The van der Waals surface area contributed by atoms with Crippen molar-refractivity contribution in [3.05, 3.63) is 20.8 Å². The fourth-order valence-corrected chi connectivity index (χ4v) is 4.98. The predicted molar refractivity (Wildman–Crippen MR) is 82.6 cm³/mol. The Hall–Kier alpha value is -0.190. The van der Waals surface area contributed by atoms with E-state index in [1.54, 1.807) is 11.3 Å². The summed E-state index contributed by atoms with van der Waals surface area (Å²) in [6.07, 6.45) is 8.16. The van der Waals surface area contributed by atoms with Crippen LogP contribution in [-0.2, 0) is 11.2 Å². The van der Waals surface area contributed by atoms with Gasteiger partial charge in [0.2, 0.25) is 0 Å². The van der Waals surface area contributed by atoms with Gasteiger partial charge in [0.15, 0.2) is 5.78 Å². The number of halogens is 1. The highest BCUT2D eigenvalue weighted by Crippen LogP contribution is 2.33. The fraction of sp³-hybridized carbons (Fsp3) is 0.667. The molecule has 1 saturated heterocycles. The maximum Gasteiger partial charge on any atom is 0.154 e. The van der Waals surface area contributed by atoms with Crippen LogP contribution in [0.15, 0.2) is 15.9 Å². The highest BCUT2D eigenvalue weighted by Gasteiger charge is 2.34. The molecule has 4 heteroatoms. The molecule has 104 valence electrons. The van der Waals surface area contributed by atoms with Crippen LogP contribution in [-0.4, -0.2) is 17.9 Å². The van der Waals surface area contributed by atoms with Gasteiger partial charge in [0.1, 0.15) is 0 Å². The molecule has 19 heavy (non-hydrogen) atoms. The van der Waals surface area contributed by atoms with E-state index in [-0.39, 0.29) is 6.04 Å². The second-order valence-corrected chi connectivity index (χ2v) is 7.64. The first-order chi connectivity index (χ1) is 9.24. The van der Waals surface area contributed by atoms with Crippen LogP contribution in [0, 0.1) is 5.92 Å². The first-order valence-corrected chi connectivity index (χ1v) is 8.92. The minimum atomic E-state index is 0.0911. The van der Waals surface area contributed by atoms with Gasteiger partial charge in [-0.05, 0) is 59.0 Å². The molecule has 3 rings (SSSR count). The average molecular weight is 342 g/mol. The Morgan fingerprint density at radius 3 is 2.95 bits per heavy atom. The number of carbonyl (C=O) groups excluding carboxylic acids is 1. The zero-order valence-electron chi connectivity index (χ0n) is 11.0. The van der Waals surface area contributed by atoms with Crippen molar-refractivity contribution in [3.63, 3.8) is 0 Å². The number of hydrogen-bond acceptors (Lipinski definition) is 3. The molecule has 1 N–H and O–H groups in total. The van der Waals surface area contributed by atoms with Crippen molar-refractivity contribution < 1.29 is 4.79 Å². The Labute approximate surface area is 127 Å². The number of piperidine rings is 1. The van der Waals surface area contributed by atoms with Crippen molar-refractivity contribution >= 4 is 33.0 Å². The number of Topliss-reactive ketones (excluding diaryl/α,β-unsaturated/α-hetero) is 1. The van der Waals surface area contributed by atoms with Crippen LogP contribution in [0.3, 0.4) is 0 Å². The molecule has 2 nitrogen and oxygen atoms in total. The second kappa shape index (κ2) is 6.06. The van der Waals surface area contributed by atoms with E-state index in [9.17, 15) is 4.79 Å². The molecule has 0 spiro atoms. The Morgan fingerprint density at radius 2 is 2.16 bits per heavy atom. The van der Waals surface area contributed by atoms with Crippen LogP contribution in [0.5, 0.6) is 0 Å². The molecule has 0 aromatic carbocycles. The molecule has 0 radical (unpaired) electrons. The summed E-state index contributed by atoms with van der Waals surface area (Å²) in [5.74, 6) is 1.19. The lowest BCUT2D eigenvalue weighted by Crippen LogP contribution is -2.52. The SMILES string of the molecule is O=C(Cc1sccc1Br)C1CCC2CCCCC2N1. The van der Waals surface area contributed by atoms with Crippen molar-refractivity contribution in [1.82, 2.24) is 5.32 Å². The van der Waals surface area contributed by atoms with Gasteiger partial charge in [-0.15, -0.1) is 11.3 Å². The summed E-state index contributed by atoms with van der Waals surface area (Å²) >= 11 is 5.18. The highest BCUT2D eigenvalue weighted by molar-refractivity contribution is 9.10. The number of rotatable bonds is 3. The zero-order valence-corrected chi connectivity index (χ0v) is 13.4. The molecule has 2 fully saturated rings. The van der Waals surface area contributed by atoms with Crippen molar-refractivity contribution in [2.45, 2.75) is 57.0 Å². The summed E-state index contributed by atoms with van der Waals surface area (Å²) in [7, 11) is 0. The van der Waals surface area contributed by atoms with Crippen LogP contribution in [0.2, 0.25) is 0 Å². The van der Waals surface area contributed by atoms with Crippen LogP contribution in [0.25, 0.3) is 0 Å². The summed E-state index contributed by atoms with van der Waals surface area (Å²) in [6, 6.07) is 2.72. The van der Waals surface area contributed by atoms with Crippen molar-refractivity contribution in [2.75, 3.05) is 0 Å². The van der Waals surface area contributed by atoms with Crippen LogP contribution in [0.4, 0.5) is 0 Å². The van der Waals surface area contributed by atoms with E-state index in [0.717, 1.165) is 21.7 Å². The quantitative estimate of drug-likeness (QED) is 0.902. The van der Waals surface area contributed by atoms with Gasteiger partial charge in [-0.2, -0.15) is 0 Å². The lowest BCUT2D eigenvalue weighted by molar-refractivity contribution is -0.121. The highest BCUT2D eigenvalue weighted by atomic mass is 79.9. The summed E-state index contributed by atoms with van der Waals surface area (Å²) in [6.45, 7) is 0. The number of carbonyl (C=O) groups is 1. The van der Waals surface area contributed by atoms with Gasteiger partial charge < -0.3 is 5.32 Å². The van der Waals surface area contributed by atoms with Crippen LogP contribution >= 0.6 is 27.3 Å². The molecule has 1 saturated carbocycles. The Bertz CT molecular complexity index is 459. The third-order valence-electron chi connectivity index (χ3n) is 4.56. The van der Waals surface area contributed by atoms with Crippen molar-refractivity contribution in [3.8, 4) is 0 Å². The summed E-state index contributed by atoms with van der Waals surface area (Å²) < 4.78 is 1.08. The third-order valence-corrected chi connectivity index (χ3v) is 6.49. The van der Waals surface area contributed by atoms with E-state index in [4.69, 9.17) is 0 Å². The Balaban J connectivity index is 1.60. The standard InChI is InChI=1S/C15H20BrNOS/c16-11-7-8-19-15(11)9-14(18)13-6-5-10-3-1-2-4-12(10)17-13/h7-8,10,12-13,17H,1-6,9H2. The summed E-state index contributed by atoms with van der Waals surface area (Å²) in [5, 5.41) is 5.67. The molecule has 1 aliphatic carbocycles. The van der Waals surface area contributed by atoms with E-state index in [1.807, 2.05) is 11.4 Å². The van der Waals surface area contributed by atoms with E-state index in [1.165, 1.54) is 32.1 Å². The summed E-state index contributed by atoms with van der Waals surface area (Å²) in [5.41, 5.74) is 0. The molecular formula is C15H20BrNOS. The predicted octanol–water partition coefficient (Wildman–Crippen LogP) is 3.93. The Kier molecular flexibility index (Phi) is 4.40. The first kappa shape index (κ1) is 13.8. The smallest absolute Gasteiger partial charge is 0.154 e. The monoisotopic (exact) mass is 341 g/mol. The third kappa shape index (κ3) is 3.11. The number of fused-ring (bicyclic) bond motifs is 1. The molecule has 1 aromatic heterocycles. The van der Waals surface area contributed by atoms with Crippen molar-refractivity contribution in [1.29, 1.82) is 0 Å². The first-order valence-electron chi connectivity index (χ1n) is 7.24. The lowest BCUT2D eigenvalue weighted by Gasteiger charge is -2.40. The molecule has 0 amide bonds. The lowest BCUT2D eigenvalue weighted by atomic mass is 9.77. The largest absolute Gasteiger partial charge is 0.304 e. The maximum absolute atomic E-state index is 12.4. The van der Waals surface area contributed by atoms with E-state index >= 15 is 0 Å². The molecule has 2 heterocycles. The zero-order chi connectivity index (χ0) is 13.2. The molecule has 1 aliphatic heterocycles.